The zero-order valence-corrected chi connectivity index (χ0v) is 12.5. The highest BCUT2D eigenvalue weighted by Gasteiger charge is 2.20. The first-order valence-electron chi connectivity index (χ1n) is 7.15. The predicted molar refractivity (Wildman–Crippen MR) is 78.2 cm³/mol. The highest BCUT2D eigenvalue weighted by atomic mass is 16.5. The van der Waals surface area contributed by atoms with E-state index >= 15 is 0 Å². The Hall–Kier alpha value is -1.71. The Labute approximate surface area is 120 Å². The van der Waals surface area contributed by atoms with E-state index in [9.17, 15) is 4.79 Å². The Morgan fingerprint density at radius 2 is 2.00 bits per heavy atom. The molecule has 20 heavy (non-hydrogen) atoms. The van der Waals surface area contributed by atoms with E-state index < -0.39 is 0 Å². The standard InChI is InChI=1S/C16H23NO3/c1-12-6-8-17(9-7-12)16(18)11-20-14-5-4-13(2)10-15(14)19-3/h4-5,10,12H,6-9,11H2,1-3H3. The maximum atomic E-state index is 12.1. The van der Waals surface area contributed by atoms with E-state index in [4.69, 9.17) is 9.47 Å². The molecular weight excluding hydrogens is 254 g/mol. The van der Waals surface area contributed by atoms with Crippen molar-refractivity contribution in [1.29, 1.82) is 0 Å². The lowest BCUT2D eigenvalue weighted by Crippen LogP contribution is -2.40. The summed E-state index contributed by atoms with van der Waals surface area (Å²) in [6.07, 6.45) is 2.17. The fraction of sp³-hybridized carbons (Fsp3) is 0.562. The number of carbonyl (C=O) groups is 1. The molecule has 1 aromatic carbocycles. The molecular formula is C16H23NO3. The predicted octanol–water partition coefficient (Wildman–Crippen LogP) is 2.64. The molecule has 0 saturated carbocycles. The number of piperidine rings is 1. The SMILES string of the molecule is COc1cc(C)ccc1OCC(=O)N1CCC(C)CC1. The molecule has 0 bridgehead atoms. The number of benzene rings is 1. The molecule has 0 unspecified atom stereocenters. The minimum atomic E-state index is 0.0551. The third-order valence-electron chi connectivity index (χ3n) is 3.81. The first kappa shape index (κ1) is 14.7. The minimum Gasteiger partial charge on any atom is -0.493 e. The molecule has 4 nitrogen and oxygen atoms in total. The molecule has 4 heteroatoms. The Morgan fingerprint density at radius 1 is 1.30 bits per heavy atom. The van der Waals surface area contributed by atoms with Gasteiger partial charge in [0.05, 0.1) is 7.11 Å². The number of likely N-dealkylation sites (tertiary alicyclic amines) is 1. The van der Waals surface area contributed by atoms with Gasteiger partial charge in [0.15, 0.2) is 18.1 Å². The van der Waals surface area contributed by atoms with Crippen LogP contribution in [0.25, 0.3) is 0 Å². The molecule has 0 spiro atoms. The molecule has 110 valence electrons. The van der Waals surface area contributed by atoms with Gasteiger partial charge in [-0.25, -0.2) is 0 Å². The normalized spacial score (nSPS) is 16.1. The van der Waals surface area contributed by atoms with Crippen LogP contribution in [0.5, 0.6) is 11.5 Å². The van der Waals surface area contributed by atoms with Crippen LogP contribution in [0.1, 0.15) is 25.3 Å². The van der Waals surface area contributed by atoms with Gasteiger partial charge in [0.25, 0.3) is 5.91 Å². The zero-order chi connectivity index (χ0) is 14.5. The van der Waals surface area contributed by atoms with Gasteiger partial charge in [0.2, 0.25) is 0 Å². The van der Waals surface area contributed by atoms with Gasteiger partial charge in [0.1, 0.15) is 0 Å². The van der Waals surface area contributed by atoms with Crippen LogP contribution in [0.4, 0.5) is 0 Å². The molecule has 1 amide bonds. The van der Waals surface area contributed by atoms with Crippen LogP contribution in [0, 0.1) is 12.8 Å². The van der Waals surface area contributed by atoms with Gasteiger partial charge in [-0.05, 0) is 43.4 Å². The quantitative estimate of drug-likeness (QED) is 0.849. The van der Waals surface area contributed by atoms with E-state index in [1.807, 2.05) is 30.0 Å². The third kappa shape index (κ3) is 3.65. The summed E-state index contributed by atoms with van der Waals surface area (Å²) < 4.78 is 10.9. The first-order chi connectivity index (χ1) is 9.60. The van der Waals surface area contributed by atoms with Gasteiger partial charge < -0.3 is 14.4 Å². The smallest absolute Gasteiger partial charge is 0.260 e. The van der Waals surface area contributed by atoms with Crippen molar-refractivity contribution >= 4 is 5.91 Å². The average Bonchev–Trinajstić information content (AvgIpc) is 2.46. The molecule has 0 radical (unpaired) electrons. The molecule has 0 aromatic heterocycles. The molecule has 0 atom stereocenters. The Morgan fingerprint density at radius 3 is 2.65 bits per heavy atom. The molecule has 1 aliphatic heterocycles. The van der Waals surface area contributed by atoms with Crippen molar-refractivity contribution < 1.29 is 14.3 Å². The number of amides is 1. The first-order valence-corrected chi connectivity index (χ1v) is 7.15. The maximum Gasteiger partial charge on any atom is 0.260 e. The molecule has 1 saturated heterocycles. The fourth-order valence-electron chi connectivity index (χ4n) is 2.38. The number of ether oxygens (including phenoxy) is 2. The monoisotopic (exact) mass is 277 g/mol. The topological polar surface area (TPSA) is 38.8 Å². The summed E-state index contributed by atoms with van der Waals surface area (Å²) in [5.74, 6) is 2.07. The summed E-state index contributed by atoms with van der Waals surface area (Å²) in [4.78, 5) is 14.0. The molecule has 1 aliphatic rings. The van der Waals surface area contributed by atoms with Crippen LogP contribution in [-0.4, -0.2) is 37.6 Å². The zero-order valence-electron chi connectivity index (χ0n) is 12.5. The Bertz CT molecular complexity index is 465. The van der Waals surface area contributed by atoms with Crippen molar-refractivity contribution in [2.45, 2.75) is 26.7 Å². The van der Waals surface area contributed by atoms with E-state index in [1.165, 1.54) is 0 Å². The Balaban J connectivity index is 1.90. The van der Waals surface area contributed by atoms with E-state index in [-0.39, 0.29) is 12.5 Å². The molecule has 1 fully saturated rings. The van der Waals surface area contributed by atoms with Crippen LogP contribution in [-0.2, 0) is 4.79 Å². The number of carbonyl (C=O) groups excluding carboxylic acids is 1. The number of rotatable bonds is 4. The highest BCUT2D eigenvalue weighted by molar-refractivity contribution is 5.78. The van der Waals surface area contributed by atoms with Crippen molar-refractivity contribution in [1.82, 2.24) is 4.90 Å². The lowest BCUT2D eigenvalue weighted by molar-refractivity contribution is -0.134. The number of nitrogens with zero attached hydrogens (tertiary/aromatic N) is 1. The molecule has 1 heterocycles. The van der Waals surface area contributed by atoms with Crippen LogP contribution in [0.15, 0.2) is 18.2 Å². The van der Waals surface area contributed by atoms with Gasteiger partial charge in [-0.1, -0.05) is 13.0 Å². The van der Waals surface area contributed by atoms with Crippen molar-refractivity contribution in [3.63, 3.8) is 0 Å². The van der Waals surface area contributed by atoms with Gasteiger partial charge in [-0.15, -0.1) is 0 Å². The maximum absolute atomic E-state index is 12.1. The fourth-order valence-corrected chi connectivity index (χ4v) is 2.38. The molecule has 2 rings (SSSR count). The van der Waals surface area contributed by atoms with Crippen molar-refractivity contribution in [3.05, 3.63) is 23.8 Å². The van der Waals surface area contributed by atoms with Crippen molar-refractivity contribution in [2.75, 3.05) is 26.8 Å². The van der Waals surface area contributed by atoms with Crippen LogP contribution in [0.3, 0.4) is 0 Å². The minimum absolute atomic E-state index is 0.0551. The van der Waals surface area contributed by atoms with E-state index in [0.29, 0.717) is 11.5 Å². The summed E-state index contributed by atoms with van der Waals surface area (Å²) in [5, 5.41) is 0. The number of aryl methyl sites for hydroxylation is 1. The van der Waals surface area contributed by atoms with Crippen LogP contribution < -0.4 is 9.47 Å². The summed E-state index contributed by atoms with van der Waals surface area (Å²) in [6, 6.07) is 5.70. The molecule has 0 N–H and O–H groups in total. The third-order valence-corrected chi connectivity index (χ3v) is 3.81. The number of methoxy groups -OCH3 is 1. The van der Waals surface area contributed by atoms with Crippen LogP contribution >= 0.6 is 0 Å². The molecule has 0 aliphatic carbocycles. The summed E-state index contributed by atoms with van der Waals surface area (Å²) in [7, 11) is 1.61. The second-order valence-electron chi connectivity index (χ2n) is 5.51. The summed E-state index contributed by atoms with van der Waals surface area (Å²) >= 11 is 0. The van der Waals surface area contributed by atoms with E-state index in [0.717, 1.165) is 37.4 Å². The van der Waals surface area contributed by atoms with Gasteiger partial charge >= 0.3 is 0 Å². The highest BCUT2D eigenvalue weighted by Crippen LogP contribution is 2.27. The largest absolute Gasteiger partial charge is 0.493 e. The summed E-state index contributed by atoms with van der Waals surface area (Å²) in [6.45, 7) is 5.98. The number of hydrogen-bond acceptors (Lipinski definition) is 3. The van der Waals surface area contributed by atoms with E-state index in [2.05, 4.69) is 6.92 Å². The van der Waals surface area contributed by atoms with Crippen LogP contribution in [0.2, 0.25) is 0 Å². The average molecular weight is 277 g/mol. The second-order valence-corrected chi connectivity index (χ2v) is 5.51. The van der Waals surface area contributed by atoms with E-state index in [1.54, 1.807) is 7.11 Å². The number of hydrogen-bond donors (Lipinski definition) is 0. The summed E-state index contributed by atoms with van der Waals surface area (Å²) in [5.41, 5.74) is 1.10. The van der Waals surface area contributed by atoms with Gasteiger partial charge in [-0.3, -0.25) is 4.79 Å². The van der Waals surface area contributed by atoms with Gasteiger partial charge in [-0.2, -0.15) is 0 Å². The van der Waals surface area contributed by atoms with Crippen molar-refractivity contribution in [3.8, 4) is 11.5 Å². The molecule has 1 aromatic rings. The second kappa shape index (κ2) is 6.64. The Kier molecular flexibility index (Phi) is 4.88. The lowest BCUT2D eigenvalue weighted by atomic mass is 9.99. The van der Waals surface area contributed by atoms with Gasteiger partial charge in [0, 0.05) is 13.1 Å². The lowest BCUT2D eigenvalue weighted by Gasteiger charge is -2.30. The van der Waals surface area contributed by atoms with Crippen molar-refractivity contribution in [2.24, 2.45) is 5.92 Å².